The Morgan fingerprint density at radius 1 is 0.476 bits per heavy atom. The fourth-order valence-corrected chi connectivity index (χ4v) is 2.39. The molecule has 102 valence electrons. The van der Waals surface area contributed by atoms with Crippen molar-refractivity contribution in [3.8, 4) is 0 Å². The first-order valence-corrected chi connectivity index (χ1v) is 6.07. The smallest absolute Gasteiger partial charge is 0.336 e. The van der Waals surface area contributed by atoms with Gasteiger partial charge in [-0.05, 0) is 18.2 Å². The molecule has 0 bridgehead atoms. The first-order valence-electron chi connectivity index (χ1n) is 6.07. The first-order chi connectivity index (χ1) is 10.1. The van der Waals surface area contributed by atoms with Crippen LogP contribution in [0, 0.1) is 0 Å². The van der Waals surface area contributed by atoms with E-state index in [1.807, 2.05) is 0 Å². The SMILES string of the molecule is O=c1ccc2c(o1)c1ccc(=O)oc1c1ccc(=O)oc21. The second-order valence-electron chi connectivity index (χ2n) is 4.49. The number of hydrogen-bond acceptors (Lipinski definition) is 6. The molecule has 0 aliphatic carbocycles. The van der Waals surface area contributed by atoms with E-state index >= 15 is 0 Å². The molecule has 0 atom stereocenters. The Kier molecular flexibility index (Phi) is 2.18. The minimum Gasteiger partial charge on any atom is -0.422 e. The molecule has 6 heteroatoms. The van der Waals surface area contributed by atoms with E-state index in [0.717, 1.165) is 0 Å². The summed E-state index contributed by atoms with van der Waals surface area (Å²) in [7, 11) is 0. The van der Waals surface area contributed by atoms with Crippen LogP contribution in [0.15, 0.2) is 64.0 Å². The Labute approximate surface area is 114 Å². The molecule has 0 spiro atoms. The molecule has 4 aromatic rings. The van der Waals surface area contributed by atoms with Gasteiger partial charge in [0, 0.05) is 18.2 Å². The maximum absolute atomic E-state index is 11.4. The van der Waals surface area contributed by atoms with Crippen LogP contribution in [0.25, 0.3) is 32.9 Å². The molecule has 3 heterocycles. The van der Waals surface area contributed by atoms with Gasteiger partial charge >= 0.3 is 16.9 Å². The topological polar surface area (TPSA) is 90.6 Å². The van der Waals surface area contributed by atoms with E-state index in [1.165, 1.54) is 36.4 Å². The molecule has 0 N–H and O–H groups in total. The standard InChI is InChI=1S/C15H6O6/c16-10-4-1-7-13(19-10)8-3-6-12(18)21-15(8)9-2-5-11(17)20-14(7)9/h1-6H. The van der Waals surface area contributed by atoms with E-state index in [-0.39, 0.29) is 16.7 Å². The molecule has 0 saturated heterocycles. The maximum atomic E-state index is 11.4. The van der Waals surface area contributed by atoms with Crippen LogP contribution in [-0.4, -0.2) is 0 Å². The zero-order valence-electron chi connectivity index (χ0n) is 10.4. The number of fused-ring (bicyclic) bond motifs is 6. The van der Waals surface area contributed by atoms with Crippen molar-refractivity contribution in [1.82, 2.24) is 0 Å². The minimum absolute atomic E-state index is 0.211. The molecule has 6 nitrogen and oxygen atoms in total. The van der Waals surface area contributed by atoms with Gasteiger partial charge in [-0.1, -0.05) is 0 Å². The minimum atomic E-state index is -0.548. The van der Waals surface area contributed by atoms with Crippen LogP contribution >= 0.6 is 0 Å². The van der Waals surface area contributed by atoms with Gasteiger partial charge in [0.15, 0.2) is 16.7 Å². The zero-order valence-corrected chi connectivity index (χ0v) is 10.4. The van der Waals surface area contributed by atoms with Crippen LogP contribution in [0.2, 0.25) is 0 Å². The van der Waals surface area contributed by atoms with Gasteiger partial charge in [0.2, 0.25) is 0 Å². The Bertz CT molecular complexity index is 1010. The molecule has 1 aromatic carbocycles. The first kappa shape index (κ1) is 11.7. The Hall–Kier alpha value is -3.15. The summed E-state index contributed by atoms with van der Waals surface area (Å²) in [5.41, 5.74) is -1.01. The highest BCUT2D eigenvalue weighted by atomic mass is 16.4. The number of rotatable bonds is 0. The fraction of sp³-hybridized carbons (Fsp3) is 0. The van der Waals surface area contributed by atoms with Crippen molar-refractivity contribution in [2.45, 2.75) is 0 Å². The van der Waals surface area contributed by atoms with Crippen LogP contribution < -0.4 is 16.9 Å². The summed E-state index contributed by atoms with van der Waals surface area (Å²) in [5, 5.41) is 1.39. The molecule has 0 amide bonds. The molecule has 21 heavy (non-hydrogen) atoms. The summed E-state index contributed by atoms with van der Waals surface area (Å²) in [4.78, 5) is 34.3. The third kappa shape index (κ3) is 1.62. The van der Waals surface area contributed by atoms with Crippen LogP contribution in [0.1, 0.15) is 0 Å². The lowest BCUT2D eigenvalue weighted by molar-refractivity contribution is 0.544. The quantitative estimate of drug-likeness (QED) is 0.362. The molecule has 0 aliphatic rings. The van der Waals surface area contributed by atoms with E-state index in [4.69, 9.17) is 13.3 Å². The van der Waals surface area contributed by atoms with Gasteiger partial charge < -0.3 is 13.3 Å². The lowest BCUT2D eigenvalue weighted by Gasteiger charge is -2.05. The van der Waals surface area contributed by atoms with Crippen molar-refractivity contribution in [3.63, 3.8) is 0 Å². The summed E-state index contributed by atoms with van der Waals surface area (Å²) in [6.07, 6.45) is 0. The Morgan fingerprint density at radius 3 is 1.05 bits per heavy atom. The molecule has 0 aliphatic heterocycles. The van der Waals surface area contributed by atoms with E-state index in [0.29, 0.717) is 16.2 Å². The highest BCUT2D eigenvalue weighted by Crippen LogP contribution is 2.32. The van der Waals surface area contributed by atoms with Crippen LogP contribution in [-0.2, 0) is 0 Å². The number of hydrogen-bond donors (Lipinski definition) is 0. The van der Waals surface area contributed by atoms with Gasteiger partial charge in [0.1, 0.15) is 0 Å². The van der Waals surface area contributed by atoms with Crippen LogP contribution in [0.3, 0.4) is 0 Å². The third-order valence-corrected chi connectivity index (χ3v) is 3.23. The normalized spacial score (nSPS) is 11.4. The highest BCUT2D eigenvalue weighted by Gasteiger charge is 2.15. The molecule has 0 fully saturated rings. The lowest BCUT2D eigenvalue weighted by atomic mass is 10.1. The van der Waals surface area contributed by atoms with Gasteiger partial charge in [-0.2, -0.15) is 0 Å². The average molecular weight is 282 g/mol. The highest BCUT2D eigenvalue weighted by molar-refractivity contribution is 6.19. The van der Waals surface area contributed by atoms with Gasteiger partial charge in [-0.15, -0.1) is 0 Å². The van der Waals surface area contributed by atoms with Crippen LogP contribution in [0.5, 0.6) is 0 Å². The predicted molar refractivity (Wildman–Crippen MR) is 74.6 cm³/mol. The largest absolute Gasteiger partial charge is 0.422 e. The second-order valence-corrected chi connectivity index (χ2v) is 4.49. The lowest BCUT2D eigenvalue weighted by Crippen LogP contribution is -2.01. The van der Waals surface area contributed by atoms with E-state index in [2.05, 4.69) is 0 Å². The summed E-state index contributed by atoms with van der Waals surface area (Å²) in [6.45, 7) is 0. The van der Waals surface area contributed by atoms with Crippen molar-refractivity contribution in [3.05, 3.63) is 67.7 Å². The zero-order chi connectivity index (χ0) is 14.6. The predicted octanol–water partition coefficient (Wildman–Crippen LogP) is 2.01. The molecule has 0 unspecified atom stereocenters. The van der Waals surface area contributed by atoms with E-state index < -0.39 is 16.9 Å². The van der Waals surface area contributed by atoms with Crippen molar-refractivity contribution < 1.29 is 13.3 Å². The monoisotopic (exact) mass is 282 g/mol. The van der Waals surface area contributed by atoms with Crippen molar-refractivity contribution in [1.29, 1.82) is 0 Å². The van der Waals surface area contributed by atoms with Gasteiger partial charge in [0.25, 0.3) is 0 Å². The van der Waals surface area contributed by atoms with Gasteiger partial charge in [0.05, 0.1) is 16.2 Å². The summed E-state index contributed by atoms with van der Waals surface area (Å²) >= 11 is 0. The van der Waals surface area contributed by atoms with Gasteiger partial charge in [-0.25, -0.2) is 14.4 Å². The molecule has 3 aromatic heterocycles. The van der Waals surface area contributed by atoms with Crippen molar-refractivity contribution >= 4 is 32.9 Å². The summed E-state index contributed by atoms with van der Waals surface area (Å²) in [5.74, 6) is 0. The molecule has 0 radical (unpaired) electrons. The number of benzene rings is 1. The van der Waals surface area contributed by atoms with Gasteiger partial charge in [-0.3, -0.25) is 0 Å². The molecular formula is C15H6O6. The molecule has 0 saturated carbocycles. The summed E-state index contributed by atoms with van der Waals surface area (Å²) in [6, 6.07) is 8.24. The van der Waals surface area contributed by atoms with E-state index in [1.54, 1.807) is 0 Å². The fourth-order valence-electron chi connectivity index (χ4n) is 2.39. The Morgan fingerprint density at radius 2 is 0.762 bits per heavy atom. The van der Waals surface area contributed by atoms with E-state index in [9.17, 15) is 14.4 Å². The third-order valence-electron chi connectivity index (χ3n) is 3.23. The maximum Gasteiger partial charge on any atom is 0.336 e. The molecular weight excluding hydrogens is 276 g/mol. The average Bonchev–Trinajstić information content (AvgIpc) is 2.46. The Balaban J connectivity index is 2.48. The van der Waals surface area contributed by atoms with Crippen molar-refractivity contribution in [2.75, 3.05) is 0 Å². The second kappa shape index (κ2) is 3.92. The van der Waals surface area contributed by atoms with Crippen molar-refractivity contribution in [2.24, 2.45) is 0 Å². The van der Waals surface area contributed by atoms with Crippen LogP contribution in [0.4, 0.5) is 0 Å². The summed E-state index contributed by atoms with van der Waals surface area (Å²) < 4.78 is 15.5. The molecule has 4 rings (SSSR count).